The Balaban J connectivity index is 1.39. The average Bonchev–Trinajstić information content (AvgIpc) is 3.26. The number of esters is 1. The number of para-hydroxylation sites is 1. The third-order valence-electron chi connectivity index (χ3n) is 5.81. The van der Waals surface area contributed by atoms with E-state index in [9.17, 15) is 9.59 Å². The second-order valence-corrected chi connectivity index (χ2v) is 8.32. The van der Waals surface area contributed by atoms with Gasteiger partial charge in [-0.3, -0.25) is 14.7 Å². The Labute approximate surface area is 196 Å². The van der Waals surface area contributed by atoms with Crippen LogP contribution < -0.4 is 5.32 Å². The minimum atomic E-state index is -0.539. The van der Waals surface area contributed by atoms with Gasteiger partial charge in [0.05, 0.1) is 11.1 Å². The van der Waals surface area contributed by atoms with Crippen LogP contribution in [0.1, 0.15) is 32.9 Å². The van der Waals surface area contributed by atoms with Gasteiger partial charge in [0.1, 0.15) is 5.76 Å². The smallest absolute Gasteiger partial charge is 0.339 e. The first-order valence-electron chi connectivity index (χ1n) is 11.1. The minimum Gasteiger partial charge on any atom is -0.452 e. The average molecular weight is 457 g/mol. The van der Waals surface area contributed by atoms with Crippen LogP contribution in [0.15, 0.2) is 65.2 Å². The van der Waals surface area contributed by atoms with E-state index in [0.717, 1.165) is 41.7 Å². The number of ether oxygens (including phenoxy) is 1. The lowest BCUT2D eigenvalue weighted by Gasteiger charge is -2.30. The summed E-state index contributed by atoms with van der Waals surface area (Å²) in [5.41, 5.74) is 4.19. The third-order valence-corrected chi connectivity index (χ3v) is 5.81. The Morgan fingerprint density at radius 1 is 1.12 bits per heavy atom. The largest absolute Gasteiger partial charge is 0.452 e. The van der Waals surface area contributed by atoms with Crippen molar-refractivity contribution in [3.63, 3.8) is 0 Å². The van der Waals surface area contributed by atoms with E-state index >= 15 is 0 Å². The van der Waals surface area contributed by atoms with Crippen molar-refractivity contribution in [1.29, 1.82) is 0 Å². The van der Waals surface area contributed by atoms with Gasteiger partial charge in [-0.1, -0.05) is 53.7 Å². The van der Waals surface area contributed by atoms with Gasteiger partial charge in [-0.25, -0.2) is 4.79 Å². The highest BCUT2D eigenvalue weighted by Gasteiger charge is 2.27. The van der Waals surface area contributed by atoms with Crippen LogP contribution in [0.25, 0.3) is 10.9 Å². The molecule has 0 saturated heterocycles. The maximum atomic E-state index is 13.3. The van der Waals surface area contributed by atoms with Crippen molar-refractivity contribution in [1.82, 2.24) is 15.0 Å². The van der Waals surface area contributed by atoms with Gasteiger partial charge < -0.3 is 14.6 Å². The zero-order valence-electron chi connectivity index (χ0n) is 18.8. The first-order chi connectivity index (χ1) is 16.6. The SMILES string of the molecule is Cc1cc(NC(=O)COC(=O)c2c3c(nc4ccccc24)CCN(Cc2ccccc2)C3)no1. The second-order valence-electron chi connectivity index (χ2n) is 8.32. The van der Waals surface area contributed by atoms with Crippen molar-refractivity contribution in [2.75, 3.05) is 18.5 Å². The van der Waals surface area contributed by atoms with E-state index in [1.165, 1.54) is 5.56 Å². The number of hydrogen-bond acceptors (Lipinski definition) is 7. The first kappa shape index (κ1) is 21.8. The number of fused-ring (bicyclic) bond motifs is 2. The third kappa shape index (κ3) is 4.67. The Morgan fingerprint density at radius 3 is 2.71 bits per heavy atom. The molecule has 0 spiro atoms. The summed E-state index contributed by atoms with van der Waals surface area (Å²) in [6, 6.07) is 19.4. The number of rotatable bonds is 6. The Kier molecular flexibility index (Phi) is 6.05. The van der Waals surface area contributed by atoms with Gasteiger partial charge in [0.2, 0.25) is 0 Å². The minimum absolute atomic E-state index is 0.279. The molecule has 8 nitrogen and oxygen atoms in total. The number of anilines is 1. The van der Waals surface area contributed by atoms with Crippen LogP contribution in [-0.2, 0) is 29.0 Å². The maximum Gasteiger partial charge on any atom is 0.339 e. The molecule has 2 aromatic carbocycles. The molecular formula is C26H24N4O4. The molecule has 1 amide bonds. The summed E-state index contributed by atoms with van der Waals surface area (Å²) in [5, 5.41) is 7.01. The van der Waals surface area contributed by atoms with Crippen molar-refractivity contribution in [2.24, 2.45) is 0 Å². The monoisotopic (exact) mass is 456 g/mol. The number of aromatic nitrogens is 2. The first-order valence-corrected chi connectivity index (χ1v) is 11.1. The summed E-state index contributed by atoms with van der Waals surface area (Å²) in [4.78, 5) is 32.7. The van der Waals surface area contributed by atoms with Crippen molar-refractivity contribution in [2.45, 2.75) is 26.4 Å². The summed E-state index contributed by atoms with van der Waals surface area (Å²) in [6.07, 6.45) is 0.735. The molecular weight excluding hydrogens is 432 g/mol. The number of nitrogens with zero attached hydrogens (tertiary/aromatic N) is 3. The molecule has 172 valence electrons. The number of benzene rings is 2. The van der Waals surface area contributed by atoms with Crippen LogP contribution in [0.5, 0.6) is 0 Å². The lowest BCUT2D eigenvalue weighted by atomic mass is 9.95. The van der Waals surface area contributed by atoms with Crippen LogP contribution in [0, 0.1) is 6.92 Å². The summed E-state index contributed by atoms with van der Waals surface area (Å²) in [7, 11) is 0. The normalized spacial score (nSPS) is 13.4. The van der Waals surface area contributed by atoms with Gasteiger partial charge in [0.25, 0.3) is 5.91 Å². The fourth-order valence-electron chi connectivity index (χ4n) is 4.26. The predicted octanol–water partition coefficient (Wildman–Crippen LogP) is 3.89. The molecule has 2 aromatic heterocycles. The molecule has 0 aliphatic carbocycles. The summed E-state index contributed by atoms with van der Waals surface area (Å²) in [6.45, 7) is 3.50. The van der Waals surface area contributed by atoms with Crippen LogP contribution in [0.2, 0.25) is 0 Å². The molecule has 1 aliphatic rings. The molecule has 0 bridgehead atoms. The van der Waals surface area contributed by atoms with E-state index in [1.54, 1.807) is 13.0 Å². The maximum absolute atomic E-state index is 13.3. The zero-order valence-corrected chi connectivity index (χ0v) is 18.8. The highest BCUT2D eigenvalue weighted by Crippen LogP contribution is 2.29. The number of amides is 1. The number of carbonyl (C=O) groups is 2. The molecule has 0 fully saturated rings. The van der Waals surface area contributed by atoms with Gasteiger partial charge in [-0.05, 0) is 18.6 Å². The Bertz CT molecular complexity index is 1350. The fourth-order valence-corrected chi connectivity index (χ4v) is 4.26. The quantitative estimate of drug-likeness (QED) is 0.440. The number of nitrogens with one attached hydrogen (secondary N) is 1. The lowest BCUT2D eigenvalue weighted by Crippen LogP contribution is -2.32. The molecule has 0 unspecified atom stereocenters. The van der Waals surface area contributed by atoms with Crippen LogP contribution in [0.3, 0.4) is 0 Å². The molecule has 8 heteroatoms. The fraction of sp³-hybridized carbons (Fsp3) is 0.231. The summed E-state index contributed by atoms with van der Waals surface area (Å²) < 4.78 is 10.4. The van der Waals surface area contributed by atoms with Gasteiger partial charge in [-0.2, -0.15) is 0 Å². The van der Waals surface area contributed by atoms with Crippen molar-refractivity contribution < 1.29 is 18.8 Å². The Hall–Kier alpha value is -4.04. The lowest BCUT2D eigenvalue weighted by molar-refractivity contribution is -0.119. The molecule has 0 atom stereocenters. The molecule has 0 radical (unpaired) electrons. The van der Waals surface area contributed by atoms with E-state index in [0.29, 0.717) is 17.9 Å². The highest BCUT2D eigenvalue weighted by atomic mass is 16.5. The molecule has 3 heterocycles. The molecule has 4 aromatic rings. The number of hydrogen-bond donors (Lipinski definition) is 1. The summed E-state index contributed by atoms with van der Waals surface area (Å²) >= 11 is 0. The van der Waals surface area contributed by atoms with Crippen molar-refractivity contribution >= 4 is 28.6 Å². The number of pyridine rings is 1. The van der Waals surface area contributed by atoms with E-state index in [-0.39, 0.29) is 5.82 Å². The highest BCUT2D eigenvalue weighted by molar-refractivity contribution is 6.06. The van der Waals surface area contributed by atoms with Crippen molar-refractivity contribution in [3.05, 3.63) is 88.8 Å². The molecule has 5 rings (SSSR count). The van der Waals surface area contributed by atoms with E-state index in [2.05, 4.69) is 27.5 Å². The Morgan fingerprint density at radius 2 is 1.91 bits per heavy atom. The van der Waals surface area contributed by atoms with Gasteiger partial charge in [0.15, 0.2) is 12.4 Å². The van der Waals surface area contributed by atoms with Crippen molar-refractivity contribution in [3.8, 4) is 0 Å². The van der Waals surface area contributed by atoms with E-state index < -0.39 is 18.5 Å². The summed E-state index contributed by atoms with van der Waals surface area (Å²) in [5.74, 6) is -0.174. The number of aryl methyl sites for hydroxylation is 1. The van der Waals surface area contributed by atoms with Gasteiger partial charge >= 0.3 is 5.97 Å². The molecule has 0 saturated carbocycles. The molecule has 1 aliphatic heterocycles. The van der Waals surface area contributed by atoms with Gasteiger partial charge in [0, 0.05) is 48.8 Å². The van der Waals surface area contributed by atoms with Crippen LogP contribution >= 0.6 is 0 Å². The topological polar surface area (TPSA) is 97.6 Å². The number of carbonyl (C=O) groups excluding carboxylic acids is 2. The molecule has 34 heavy (non-hydrogen) atoms. The predicted molar refractivity (Wildman–Crippen MR) is 126 cm³/mol. The van der Waals surface area contributed by atoms with E-state index in [1.807, 2.05) is 42.5 Å². The molecule has 1 N–H and O–H groups in total. The van der Waals surface area contributed by atoms with Crippen LogP contribution in [-0.4, -0.2) is 40.1 Å². The van der Waals surface area contributed by atoms with Crippen LogP contribution in [0.4, 0.5) is 5.82 Å². The van der Waals surface area contributed by atoms with Gasteiger partial charge in [-0.15, -0.1) is 0 Å². The zero-order chi connectivity index (χ0) is 23.5. The second kappa shape index (κ2) is 9.44. The van der Waals surface area contributed by atoms with E-state index in [4.69, 9.17) is 14.2 Å². The standard InChI is InChI=1S/C26H24N4O4/c1-17-13-23(29-34-17)28-24(31)16-33-26(32)25-19-9-5-6-10-21(19)27-22-11-12-30(15-20(22)25)14-18-7-3-2-4-8-18/h2-10,13H,11-12,14-16H2,1H3,(H,28,29,31).